The predicted molar refractivity (Wildman–Crippen MR) is 68.4 cm³/mol. The Balaban J connectivity index is 2.37. The summed E-state index contributed by atoms with van der Waals surface area (Å²) in [6.07, 6.45) is 7.93. The van der Waals surface area contributed by atoms with Crippen molar-refractivity contribution in [1.82, 2.24) is 4.98 Å². The molecule has 1 aliphatic heterocycles. The van der Waals surface area contributed by atoms with E-state index in [1.54, 1.807) is 20.4 Å². The van der Waals surface area contributed by atoms with Gasteiger partial charge in [-0.2, -0.15) is 0 Å². The van der Waals surface area contributed by atoms with Crippen molar-refractivity contribution >= 4 is 0 Å². The Morgan fingerprint density at radius 3 is 3.05 bits per heavy atom. The average Bonchev–Trinajstić information content (AvgIpc) is 2.86. The molecule has 0 saturated heterocycles. The van der Waals surface area contributed by atoms with E-state index in [1.165, 1.54) is 0 Å². The summed E-state index contributed by atoms with van der Waals surface area (Å²) >= 11 is 0. The van der Waals surface area contributed by atoms with Crippen molar-refractivity contribution in [3.8, 4) is 18.1 Å². The lowest BCUT2D eigenvalue weighted by Gasteiger charge is -2.16. The minimum absolute atomic E-state index is 0.150. The monoisotopic (exact) mass is 263 g/mol. The molecule has 5 heteroatoms. The molecule has 1 unspecified atom stereocenters. The van der Waals surface area contributed by atoms with Gasteiger partial charge in [-0.1, -0.05) is 0 Å². The Morgan fingerprint density at radius 1 is 1.53 bits per heavy atom. The predicted octanol–water partition coefficient (Wildman–Crippen LogP) is 1.81. The fourth-order valence-corrected chi connectivity index (χ4v) is 2.04. The summed E-state index contributed by atoms with van der Waals surface area (Å²) in [6.45, 7) is 0.622. The van der Waals surface area contributed by atoms with Crippen molar-refractivity contribution < 1.29 is 18.9 Å². The Hall–Kier alpha value is -1.61. The number of ether oxygens (including phenoxy) is 4. The number of aromatic nitrogens is 1. The van der Waals surface area contributed by atoms with Crippen molar-refractivity contribution in [2.45, 2.75) is 25.7 Å². The summed E-state index contributed by atoms with van der Waals surface area (Å²) in [5.41, 5.74) is 2.67. The Bertz CT molecular complexity index is 481. The second-order valence-corrected chi connectivity index (χ2v) is 4.11. The third kappa shape index (κ3) is 2.87. The molecule has 0 bridgehead atoms. The van der Waals surface area contributed by atoms with Gasteiger partial charge in [-0.25, -0.2) is 0 Å². The number of aryl methyl sites for hydroxylation is 1. The molecule has 102 valence electrons. The fourth-order valence-electron chi connectivity index (χ4n) is 2.04. The molecular weight excluding hydrogens is 246 g/mol. The molecule has 0 N–H and O–H groups in total. The molecule has 2 rings (SSSR count). The van der Waals surface area contributed by atoms with Gasteiger partial charge in [-0.15, -0.1) is 12.3 Å². The molecular formula is C14H17NO4. The van der Waals surface area contributed by atoms with Gasteiger partial charge in [0, 0.05) is 38.8 Å². The van der Waals surface area contributed by atoms with Crippen LogP contribution in [0.1, 0.15) is 29.5 Å². The van der Waals surface area contributed by atoms with Gasteiger partial charge < -0.3 is 18.9 Å². The van der Waals surface area contributed by atoms with E-state index in [0.717, 1.165) is 16.8 Å². The van der Waals surface area contributed by atoms with E-state index in [4.69, 9.17) is 25.4 Å². The number of methoxy groups -OCH3 is 2. The van der Waals surface area contributed by atoms with E-state index in [0.29, 0.717) is 25.2 Å². The van der Waals surface area contributed by atoms with Crippen molar-refractivity contribution in [3.05, 3.63) is 23.0 Å². The van der Waals surface area contributed by atoms with Gasteiger partial charge >= 0.3 is 0 Å². The quantitative estimate of drug-likeness (QED) is 0.578. The second kappa shape index (κ2) is 6.53. The molecule has 0 aliphatic carbocycles. The fraction of sp³-hybridized carbons (Fsp3) is 0.500. The van der Waals surface area contributed by atoms with Crippen LogP contribution in [0.2, 0.25) is 0 Å². The number of fused-ring (bicyclic) bond motifs is 1. The third-order valence-electron chi connectivity index (χ3n) is 2.90. The van der Waals surface area contributed by atoms with Crippen LogP contribution >= 0.6 is 0 Å². The van der Waals surface area contributed by atoms with Crippen molar-refractivity contribution in [1.29, 1.82) is 0 Å². The van der Waals surface area contributed by atoms with Gasteiger partial charge in [0.1, 0.15) is 0 Å². The van der Waals surface area contributed by atoms with E-state index in [2.05, 4.69) is 10.9 Å². The first-order chi connectivity index (χ1) is 9.31. The summed E-state index contributed by atoms with van der Waals surface area (Å²) in [7, 11) is 3.17. The number of hydrogen-bond donors (Lipinski definition) is 0. The van der Waals surface area contributed by atoms with Crippen LogP contribution in [0.4, 0.5) is 0 Å². The first-order valence-electron chi connectivity index (χ1n) is 6.02. The van der Waals surface area contributed by atoms with Crippen LogP contribution in [-0.2, 0) is 27.2 Å². The highest BCUT2D eigenvalue weighted by Crippen LogP contribution is 2.39. The highest BCUT2D eigenvalue weighted by Gasteiger charge is 2.29. The lowest BCUT2D eigenvalue weighted by Crippen LogP contribution is -2.09. The largest absolute Gasteiger partial charge is 0.465 e. The number of pyridine rings is 1. The van der Waals surface area contributed by atoms with Crippen molar-refractivity contribution in [3.63, 3.8) is 0 Å². The van der Waals surface area contributed by atoms with E-state index < -0.39 is 6.29 Å². The standard InChI is InChI=1S/C14H17NO4/c1-4-5-6-11-13(19-9-16-2)12-10(7-15-11)8-18-14(12)17-3/h1,7,14H,5-6,8-9H2,2-3H3. The molecule has 0 radical (unpaired) electrons. The van der Waals surface area contributed by atoms with E-state index in [-0.39, 0.29) is 6.79 Å². The van der Waals surface area contributed by atoms with Crippen molar-refractivity contribution in [2.24, 2.45) is 0 Å². The van der Waals surface area contributed by atoms with E-state index in [9.17, 15) is 0 Å². The maximum atomic E-state index is 5.64. The van der Waals surface area contributed by atoms with Crippen LogP contribution in [0.25, 0.3) is 0 Å². The van der Waals surface area contributed by atoms with Crippen LogP contribution in [0, 0.1) is 12.3 Å². The first kappa shape index (κ1) is 13.8. The zero-order valence-corrected chi connectivity index (χ0v) is 11.1. The summed E-state index contributed by atoms with van der Waals surface area (Å²) in [6, 6.07) is 0. The van der Waals surface area contributed by atoms with Gasteiger partial charge in [0.2, 0.25) is 0 Å². The molecule has 1 aromatic heterocycles. The molecule has 0 aromatic carbocycles. The zero-order valence-electron chi connectivity index (χ0n) is 11.1. The highest BCUT2D eigenvalue weighted by atomic mass is 16.7. The third-order valence-corrected chi connectivity index (χ3v) is 2.90. The Labute approximate surface area is 112 Å². The summed E-state index contributed by atoms with van der Waals surface area (Å²) < 4.78 is 21.4. The normalized spacial score (nSPS) is 17.0. The van der Waals surface area contributed by atoms with Gasteiger partial charge in [0.15, 0.2) is 18.8 Å². The highest BCUT2D eigenvalue weighted by molar-refractivity contribution is 5.45. The van der Waals surface area contributed by atoms with Crippen LogP contribution in [0.3, 0.4) is 0 Å². The molecule has 0 amide bonds. The molecule has 1 aliphatic rings. The Kier molecular flexibility index (Phi) is 4.74. The van der Waals surface area contributed by atoms with Crippen LogP contribution in [0.15, 0.2) is 6.20 Å². The summed E-state index contributed by atoms with van der Waals surface area (Å²) in [5.74, 6) is 3.27. The topological polar surface area (TPSA) is 49.8 Å². The van der Waals surface area contributed by atoms with Crippen molar-refractivity contribution in [2.75, 3.05) is 21.0 Å². The maximum absolute atomic E-state index is 5.64. The van der Waals surface area contributed by atoms with Gasteiger partial charge in [-0.05, 0) is 0 Å². The molecule has 0 fully saturated rings. The zero-order chi connectivity index (χ0) is 13.7. The van der Waals surface area contributed by atoms with Gasteiger partial charge in [-0.3, -0.25) is 4.98 Å². The molecule has 2 heterocycles. The van der Waals surface area contributed by atoms with E-state index >= 15 is 0 Å². The lowest BCUT2D eigenvalue weighted by molar-refractivity contribution is -0.119. The molecule has 0 saturated carbocycles. The first-order valence-corrected chi connectivity index (χ1v) is 6.02. The SMILES string of the molecule is C#CCCc1ncc2c(c1OCOC)C(OC)OC2. The minimum atomic E-state index is -0.422. The summed E-state index contributed by atoms with van der Waals surface area (Å²) in [5, 5.41) is 0. The lowest BCUT2D eigenvalue weighted by atomic mass is 10.1. The molecule has 5 nitrogen and oxygen atoms in total. The van der Waals surface area contributed by atoms with Crippen LogP contribution in [0.5, 0.6) is 5.75 Å². The van der Waals surface area contributed by atoms with Gasteiger partial charge in [0.05, 0.1) is 17.9 Å². The maximum Gasteiger partial charge on any atom is 0.188 e. The smallest absolute Gasteiger partial charge is 0.188 e. The molecule has 1 aromatic rings. The summed E-state index contributed by atoms with van der Waals surface area (Å²) in [4.78, 5) is 4.40. The number of terminal acetylenes is 1. The second-order valence-electron chi connectivity index (χ2n) is 4.11. The van der Waals surface area contributed by atoms with Crippen LogP contribution < -0.4 is 4.74 Å². The number of hydrogen-bond acceptors (Lipinski definition) is 5. The molecule has 1 atom stereocenters. The average molecular weight is 263 g/mol. The van der Waals surface area contributed by atoms with Crippen LogP contribution in [-0.4, -0.2) is 26.0 Å². The van der Waals surface area contributed by atoms with Gasteiger partial charge in [0.25, 0.3) is 0 Å². The molecule has 19 heavy (non-hydrogen) atoms. The molecule has 0 spiro atoms. The van der Waals surface area contributed by atoms with E-state index in [1.807, 2.05) is 0 Å². The minimum Gasteiger partial charge on any atom is -0.465 e. The number of rotatable bonds is 6. The Morgan fingerprint density at radius 2 is 2.37 bits per heavy atom. The number of nitrogens with zero attached hydrogens (tertiary/aromatic N) is 1.